The number of aliphatic imine (C=N–C) groups is 1. The number of amides is 1. The molecule has 0 unspecified atom stereocenters. The third kappa shape index (κ3) is 6.14. The quantitative estimate of drug-likeness (QED) is 0.159. The van der Waals surface area contributed by atoms with Crippen molar-refractivity contribution in [1.82, 2.24) is 5.32 Å². The zero-order chi connectivity index (χ0) is 27.0. The number of azide groups is 1. The molecule has 0 bridgehead atoms. The molecule has 0 spiro atoms. The van der Waals surface area contributed by atoms with E-state index in [4.69, 9.17) is 25.1 Å². The predicted octanol–water partition coefficient (Wildman–Crippen LogP) is 5.16. The van der Waals surface area contributed by atoms with Crippen molar-refractivity contribution < 1.29 is 19.4 Å². The van der Waals surface area contributed by atoms with Crippen molar-refractivity contribution in [2.45, 2.75) is 44.9 Å². The number of carbonyl (C=O) groups excluding carboxylic acids is 1. The van der Waals surface area contributed by atoms with Gasteiger partial charge in [-0.2, -0.15) is 0 Å². The Hall–Kier alpha value is -4.33. The van der Waals surface area contributed by atoms with Crippen LogP contribution in [0.1, 0.15) is 35.6 Å². The van der Waals surface area contributed by atoms with Crippen molar-refractivity contribution in [3.8, 4) is 5.75 Å². The summed E-state index contributed by atoms with van der Waals surface area (Å²) >= 11 is 0. The highest BCUT2D eigenvalue weighted by molar-refractivity contribution is 6.01. The number of hydrogen-bond acceptors (Lipinski definition) is 6. The fourth-order valence-corrected chi connectivity index (χ4v) is 4.40. The maximum atomic E-state index is 13.8. The van der Waals surface area contributed by atoms with Gasteiger partial charge in [0, 0.05) is 42.2 Å². The lowest BCUT2D eigenvalue weighted by molar-refractivity contribution is -0.128. The van der Waals surface area contributed by atoms with Crippen molar-refractivity contribution in [1.29, 1.82) is 0 Å². The second-order valence-corrected chi connectivity index (χ2v) is 9.22. The summed E-state index contributed by atoms with van der Waals surface area (Å²) in [5, 5.41) is 15.8. The minimum absolute atomic E-state index is 0.0669. The molecule has 2 atom stereocenters. The van der Waals surface area contributed by atoms with E-state index in [1.807, 2.05) is 62.4 Å². The normalized spacial score (nSPS) is 18.2. The lowest BCUT2D eigenvalue weighted by atomic mass is 9.85. The average molecular weight is 514 g/mol. The third-order valence-corrected chi connectivity index (χ3v) is 6.47. The molecule has 9 nitrogen and oxygen atoms in total. The van der Waals surface area contributed by atoms with Crippen LogP contribution < -0.4 is 10.1 Å². The minimum atomic E-state index is -1.28. The largest absolute Gasteiger partial charge is 0.494 e. The van der Waals surface area contributed by atoms with E-state index < -0.39 is 11.6 Å². The first kappa shape index (κ1) is 26.7. The lowest BCUT2D eigenvalue weighted by Crippen LogP contribution is -2.52. The average Bonchev–Trinajstić information content (AvgIpc) is 3.26. The molecule has 0 aromatic heterocycles. The molecule has 0 saturated heterocycles. The Morgan fingerprint density at radius 2 is 1.97 bits per heavy atom. The number of hydrogen-bond donors (Lipinski definition) is 2. The van der Waals surface area contributed by atoms with Gasteiger partial charge in [0.25, 0.3) is 5.91 Å². The number of rotatable bonds is 11. The Bertz CT molecular complexity index is 1350. The fourth-order valence-electron chi connectivity index (χ4n) is 4.40. The smallest absolute Gasteiger partial charge is 0.252 e. The van der Waals surface area contributed by atoms with E-state index in [1.54, 1.807) is 24.3 Å². The molecule has 0 radical (unpaired) electrons. The van der Waals surface area contributed by atoms with E-state index >= 15 is 0 Å². The van der Waals surface area contributed by atoms with Crippen LogP contribution in [0.5, 0.6) is 5.75 Å². The van der Waals surface area contributed by atoms with Crippen LogP contribution in [0, 0.1) is 6.92 Å². The zero-order valence-corrected chi connectivity index (χ0v) is 21.5. The Kier molecular flexibility index (Phi) is 8.63. The summed E-state index contributed by atoms with van der Waals surface area (Å²) in [6.07, 6.45) is 0.149. The molecule has 0 saturated carbocycles. The molecular weight excluding hydrogens is 482 g/mol. The van der Waals surface area contributed by atoms with E-state index in [0.717, 1.165) is 11.1 Å². The molecule has 1 heterocycles. The summed E-state index contributed by atoms with van der Waals surface area (Å²) in [5.41, 5.74) is 11.7. The van der Waals surface area contributed by atoms with Gasteiger partial charge < -0.3 is 19.9 Å². The minimum Gasteiger partial charge on any atom is -0.494 e. The van der Waals surface area contributed by atoms with Gasteiger partial charge in [0.05, 0.1) is 6.61 Å². The summed E-state index contributed by atoms with van der Waals surface area (Å²) in [6.45, 7) is 4.66. The monoisotopic (exact) mass is 513 g/mol. The summed E-state index contributed by atoms with van der Waals surface area (Å²) in [5.74, 6) is 0.742. The van der Waals surface area contributed by atoms with Crippen LogP contribution in [0.15, 0.2) is 82.9 Å². The Morgan fingerprint density at radius 3 is 2.71 bits per heavy atom. The molecule has 38 heavy (non-hydrogen) atoms. The number of ether oxygens (including phenoxy) is 2. The number of benzene rings is 3. The van der Waals surface area contributed by atoms with Crippen LogP contribution >= 0.6 is 0 Å². The maximum Gasteiger partial charge on any atom is 0.252 e. The zero-order valence-electron chi connectivity index (χ0n) is 21.5. The third-order valence-electron chi connectivity index (χ3n) is 6.47. The Balaban J connectivity index is 1.66. The van der Waals surface area contributed by atoms with Gasteiger partial charge in [0.1, 0.15) is 11.9 Å². The molecule has 0 fully saturated rings. The van der Waals surface area contributed by atoms with E-state index in [0.29, 0.717) is 48.0 Å². The number of carbonyl (C=O) groups is 1. The molecule has 3 aromatic carbocycles. The van der Waals surface area contributed by atoms with Gasteiger partial charge in [-0.15, -0.1) is 0 Å². The Morgan fingerprint density at radius 1 is 1.18 bits per heavy atom. The number of nitrogens with zero attached hydrogens (tertiary/aromatic N) is 4. The topological polar surface area (TPSA) is 129 Å². The molecule has 2 N–H and O–H groups in total. The van der Waals surface area contributed by atoms with E-state index in [-0.39, 0.29) is 18.9 Å². The predicted molar refractivity (Wildman–Crippen MR) is 145 cm³/mol. The van der Waals surface area contributed by atoms with Crippen LogP contribution in [0.3, 0.4) is 0 Å². The van der Waals surface area contributed by atoms with Crippen molar-refractivity contribution in [3.63, 3.8) is 0 Å². The summed E-state index contributed by atoms with van der Waals surface area (Å²) in [6, 6.07) is 22.4. The molecule has 4 rings (SSSR count). The molecule has 0 aliphatic carbocycles. The molecule has 9 heteroatoms. The van der Waals surface area contributed by atoms with Gasteiger partial charge in [-0.25, -0.2) is 4.99 Å². The highest BCUT2D eigenvalue weighted by Gasteiger charge is 2.50. The summed E-state index contributed by atoms with van der Waals surface area (Å²) < 4.78 is 11.8. The molecule has 1 aliphatic heterocycles. The van der Waals surface area contributed by atoms with E-state index in [9.17, 15) is 4.79 Å². The molecular formula is C29H31N5O4. The van der Waals surface area contributed by atoms with Crippen LogP contribution in [0.25, 0.3) is 10.4 Å². The van der Waals surface area contributed by atoms with Gasteiger partial charge in [-0.1, -0.05) is 59.2 Å². The van der Waals surface area contributed by atoms with Crippen LogP contribution in [0.2, 0.25) is 0 Å². The van der Waals surface area contributed by atoms with E-state index in [1.165, 1.54) is 0 Å². The lowest BCUT2D eigenvalue weighted by Gasteiger charge is -2.28. The maximum absolute atomic E-state index is 13.8. The number of aryl methyl sites for hydroxylation is 1. The summed E-state index contributed by atoms with van der Waals surface area (Å²) in [7, 11) is 0. The van der Waals surface area contributed by atoms with Gasteiger partial charge in [0.15, 0.2) is 5.54 Å². The molecule has 1 amide bonds. The molecule has 196 valence electrons. The van der Waals surface area contributed by atoms with Crippen molar-refractivity contribution in [3.05, 3.63) is 105 Å². The highest BCUT2D eigenvalue weighted by atomic mass is 16.5. The van der Waals surface area contributed by atoms with E-state index in [2.05, 4.69) is 15.3 Å². The van der Waals surface area contributed by atoms with Crippen molar-refractivity contribution in [2.24, 2.45) is 10.1 Å². The highest BCUT2D eigenvalue weighted by Crippen LogP contribution is 2.35. The first-order chi connectivity index (χ1) is 18.4. The van der Waals surface area contributed by atoms with Crippen LogP contribution in [0.4, 0.5) is 5.69 Å². The standard InChI is InChI=1S/C29H31N5O4/c1-20-7-5-8-22(17-20)19-31-28(36)29(18-24-9-3-4-10-26(24)33-34-30)21(2)38-27(32-29)23-11-13-25(14-12-23)37-16-6-15-35/h3-5,7-14,17,21,35H,6,15-16,18-19H2,1-2H3,(H,31,36)/t21-,29-/m1/s1. The fraction of sp³-hybridized carbons (Fsp3) is 0.310. The van der Waals surface area contributed by atoms with Gasteiger partial charge in [-0.3, -0.25) is 4.79 Å². The van der Waals surface area contributed by atoms with Crippen LogP contribution in [-0.2, 0) is 22.5 Å². The van der Waals surface area contributed by atoms with Crippen LogP contribution in [-0.4, -0.2) is 41.8 Å². The summed E-state index contributed by atoms with van der Waals surface area (Å²) in [4.78, 5) is 21.7. The first-order valence-corrected chi connectivity index (χ1v) is 12.5. The Labute approximate surface area is 221 Å². The molecule has 1 aliphatic rings. The molecule has 3 aromatic rings. The van der Waals surface area contributed by atoms with Gasteiger partial charge in [0.2, 0.25) is 5.90 Å². The number of aliphatic hydroxyl groups excluding tert-OH is 1. The van der Waals surface area contributed by atoms with Gasteiger partial charge in [-0.05, 0) is 54.8 Å². The number of aliphatic hydroxyl groups is 1. The first-order valence-electron chi connectivity index (χ1n) is 12.5. The SMILES string of the molecule is Cc1cccc(CNC(=O)[C@]2(Cc3ccccc3N=[N+]=[N-])N=C(c3ccc(OCCCO)cc3)O[C@@H]2C)c1. The number of nitrogens with one attached hydrogen (secondary N) is 1. The van der Waals surface area contributed by atoms with Crippen molar-refractivity contribution >= 4 is 17.5 Å². The second kappa shape index (κ2) is 12.3. The van der Waals surface area contributed by atoms with Crippen molar-refractivity contribution in [2.75, 3.05) is 13.2 Å². The second-order valence-electron chi connectivity index (χ2n) is 9.22. The van der Waals surface area contributed by atoms with Gasteiger partial charge >= 0.3 is 0 Å².